The highest BCUT2D eigenvalue weighted by Gasteiger charge is 2.28. The van der Waals surface area contributed by atoms with Crippen LogP contribution < -0.4 is 4.90 Å². The van der Waals surface area contributed by atoms with Gasteiger partial charge in [0, 0.05) is 44.4 Å². The SMILES string of the molecule is Cc1ccccc1.Cc1ccccc1-c1cc(-c2ccc(N(C3=CC=C(c4ccccc4)CC3)c3c(C)c(O)c(C)c4c(O)c(C)c(O)c(C)c34)cc2)ccc1C. The summed E-state index contributed by atoms with van der Waals surface area (Å²) >= 11 is 0. The van der Waals surface area contributed by atoms with Crippen molar-refractivity contribution in [3.8, 4) is 39.5 Å². The lowest BCUT2D eigenvalue weighted by Crippen LogP contribution is -2.20. The second-order valence-electron chi connectivity index (χ2n) is 15.2. The average Bonchev–Trinajstić information content (AvgIpc) is 3.24. The van der Waals surface area contributed by atoms with Crippen LogP contribution in [0.2, 0.25) is 0 Å². The van der Waals surface area contributed by atoms with Crippen molar-refractivity contribution in [3.63, 3.8) is 0 Å². The van der Waals surface area contributed by atoms with Crippen molar-refractivity contribution < 1.29 is 15.3 Å². The van der Waals surface area contributed by atoms with E-state index < -0.39 is 0 Å². The zero-order valence-corrected chi connectivity index (χ0v) is 34.0. The number of aromatic hydroxyl groups is 3. The topological polar surface area (TPSA) is 63.9 Å². The van der Waals surface area contributed by atoms with E-state index in [1.807, 2.05) is 45.0 Å². The van der Waals surface area contributed by atoms with Gasteiger partial charge in [-0.1, -0.05) is 121 Å². The molecule has 0 radical (unpaired) electrons. The van der Waals surface area contributed by atoms with Gasteiger partial charge in [0.05, 0.1) is 5.69 Å². The normalized spacial score (nSPS) is 12.4. The molecular formula is C53H51NO3. The first-order valence-corrected chi connectivity index (χ1v) is 19.7. The molecule has 0 spiro atoms. The van der Waals surface area contributed by atoms with Gasteiger partial charge in [-0.05, 0) is 130 Å². The fourth-order valence-electron chi connectivity index (χ4n) is 8.09. The maximum atomic E-state index is 11.6. The zero-order chi connectivity index (χ0) is 40.4. The summed E-state index contributed by atoms with van der Waals surface area (Å²) < 4.78 is 0. The van der Waals surface area contributed by atoms with Crippen LogP contribution in [0.3, 0.4) is 0 Å². The minimum Gasteiger partial charge on any atom is -0.507 e. The van der Waals surface area contributed by atoms with Crippen molar-refractivity contribution in [2.24, 2.45) is 0 Å². The Morgan fingerprint density at radius 2 is 1.02 bits per heavy atom. The van der Waals surface area contributed by atoms with Gasteiger partial charge in [-0.25, -0.2) is 0 Å². The second-order valence-corrected chi connectivity index (χ2v) is 15.2. The Balaban J connectivity index is 0.000000641. The highest BCUT2D eigenvalue weighted by atomic mass is 16.3. The van der Waals surface area contributed by atoms with E-state index in [0.717, 1.165) is 46.4 Å². The van der Waals surface area contributed by atoms with E-state index in [1.165, 1.54) is 39.0 Å². The summed E-state index contributed by atoms with van der Waals surface area (Å²) in [6, 6.07) is 44.4. The van der Waals surface area contributed by atoms with E-state index in [2.05, 4.69) is 141 Å². The highest BCUT2D eigenvalue weighted by Crippen LogP contribution is 2.52. The average molecular weight is 750 g/mol. The molecule has 57 heavy (non-hydrogen) atoms. The molecule has 0 fully saturated rings. The molecule has 1 aliphatic carbocycles. The van der Waals surface area contributed by atoms with Gasteiger partial charge in [0.25, 0.3) is 0 Å². The van der Waals surface area contributed by atoms with Crippen molar-refractivity contribution in [2.45, 2.75) is 61.3 Å². The third kappa shape index (κ3) is 7.56. The Morgan fingerprint density at radius 3 is 1.63 bits per heavy atom. The van der Waals surface area contributed by atoms with Gasteiger partial charge in [0.1, 0.15) is 17.2 Å². The second kappa shape index (κ2) is 16.3. The highest BCUT2D eigenvalue weighted by molar-refractivity contribution is 6.09. The van der Waals surface area contributed by atoms with Crippen LogP contribution in [-0.4, -0.2) is 15.3 Å². The van der Waals surface area contributed by atoms with E-state index >= 15 is 0 Å². The van der Waals surface area contributed by atoms with Crippen LogP contribution in [0.15, 0.2) is 145 Å². The molecule has 4 nitrogen and oxygen atoms in total. The van der Waals surface area contributed by atoms with E-state index in [9.17, 15) is 15.3 Å². The van der Waals surface area contributed by atoms with Crippen LogP contribution in [0.4, 0.5) is 11.4 Å². The molecule has 286 valence electrons. The number of fused-ring (bicyclic) bond motifs is 1. The molecule has 0 atom stereocenters. The molecule has 0 amide bonds. The number of allylic oxidation sites excluding steroid dienone is 4. The zero-order valence-electron chi connectivity index (χ0n) is 34.0. The molecule has 0 bridgehead atoms. The number of aryl methyl sites for hydroxylation is 5. The molecule has 0 saturated heterocycles. The van der Waals surface area contributed by atoms with Gasteiger partial charge >= 0.3 is 0 Å². The Hall–Kier alpha value is -6.52. The molecule has 0 aliphatic heterocycles. The number of hydrogen-bond acceptors (Lipinski definition) is 4. The third-order valence-corrected chi connectivity index (χ3v) is 11.5. The number of hydrogen-bond donors (Lipinski definition) is 3. The molecule has 0 aromatic heterocycles. The standard InChI is InChI=1S/C46H43NO3.C7H8/c1-27-12-10-11-15-39(27)40-26-36(17-16-28(40)2)35-20-24-38(25-21-35)47(37-22-18-34(19-23-37)33-13-8-7-9-14-33)43-31(5)44(48)30(4)42-41(43)29(3)45(49)32(6)46(42)50;1-7-5-3-2-4-6-7/h7-18,20-22,24-26,48-50H,19,23H2,1-6H3;2-6H,1H3. The fraction of sp³-hybridized carbons (Fsp3) is 0.170. The van der Waals surface area contributed by atoms with Crippen molar-refractivity contribution in [1.82, 2.24) is 0 Å². The lowest BCUT2D eigenvalue weighted by Gasteiger charge is -2.34. The van der Waals surface area contributed by atoms with E-state index in [4.69, 9.17) is 0 Å². The molecule has 0 saturated carbocycles. The maximum absolute atomic E-state index is 11.6. The molecular weight excluding hydrogens is 699 g/mol. The molecule has 7 aromatic carbocycles. The van der Waals surface area contributed by atoms with Crippen molar-refractivity contribution in [3.05, 3.63) is 190 Å². The molecule has 3 N–H and O–H groups in total. The lowest BCUT2D eigenvalue weighted by molar-refractivity contribution is 0.443. The quantitative estimate of drug-likeness (QED) is 0.158. The van der Waals surface area contributed by atoms with Crippen LogP contribution in [0.25, 0.3) is 38.6 Å². The predicted octanol–water partition coefficient (Wildman–Crippen LogP) is 14.0. The van der Waals surface area contributed by atoms with E-state index in [1.54, 1.807) is 6.92 Å². The van der Waals surface area contributed by atoms with Crippen LogP contribution in [0.1, 0.15) is 57.3 Å². The van der Waals surface area contributed by atoms with Gasteiger partial charge < -0.3 is 20.2 Å². The number of nitrogens with zero attached hydrogens (tertiary/aromatic N) is 1. The third-order valence-electron chi connectivity index (χ3n) is 11.5. The minimum absolute atomic E-state index is 0.0137. The fourth-order valence-corrected chi connectivity index (χ4v) is 8.09. The Kier molecular flexibility index (Phi) is 11.1. The van der Waals surface area contributed by atoms with Crippen molar-refractivity contribution in [1.29, 1.82) is 0 Å². The van der Waals surface area contributed by atoms with Crippen molar-refractivity contribution >= 4 is 27.7 Å². The van der Waals surface area contributed by atoms with E-state index in [0.29, 0.717) is 27.6 Å². The first-order chi connectivity index (χ1) is 27.5. The summed E-state index contributed by atoms with van der Waals surface area (Å²) in [4.78, 5) is 2.20. The Bertz CT molecular complexity index is 2650. The van der Waals surface area contributed by atoms with Crippen LogP contribution >= 0.6 is 0 Å². The van der Waals surface area contributed by atoms with Crippen molar-refractivity contribution in [2.75, 3.05) is 4.90 Å². The van der Waals surface area contributed by atoms with Crippen LogP contribution in [0.5, 0.6) is 17.2 Å². The molecule has 4 heteroatoms. The Labute approximate surface area is 337 Å². The molecule has 8 rings (SSSR count). The lowest BCUT2D eigenvalue weighted by atomic mass is 9.89. The molecule has 1 aliphatic rings. The number of phenolic OH excluding ortho intramolecular Hbond substituents is 3. The number of anilines is 2. The minimum atomic E-state index is -0.0137. The van der Waals surface area contributed by atoms with Gasteiger partial charge in [-0.15, -0.1) is 0 Å². The summed E-state index contributed by atoms with van der Waals surface area (Å²) in [5, 5.41) is 35.5. The van der Waals surface area contributed by atoms with Crippen LogP contribution in [0, 0.1) is 48.5 Å². The summed E-state index contributed by atoms with van der Waals surface area (Å²) in [5.74, 6) is 0.179. The first kappa shape index (κ1) is 38.7. The van der Waals surface area contributed by atoms with Gasteiger partial charge in [-0.2, -0.15) is 0 Å². The summed E-state index contributed by atoms with van der Waals surface area (Å²) in [6.07, 6.45) is 5.96. The molecule has 7 aromatic rings. The van der Waals surface area contributed by atoms with Gasteiger partial charge in [0.15, 0.2) is 0 Å². The van der Waals surface area contributed by atoms with E-state index in [-0.39, 0.29) is 17.2 Å². The summed E-state index contributed by atoms with van der Waals surface area (Å²) in [7, 11) is 0. The summed E-state index contributed by atoms with van der Waals surface area (Å²) in [6.45, 7) is 13.7. The Morgan fingerprint density at radius 1 is 0.439 bits per heavy atom. The van der Waals surface area contributed by atoms with Gasteiger partial charge in [-0.3, -0.25) is 0 Å². The maximum Gasteiger partial charge on any atom is 0.130 e. The largest absolute Gasteiger partial charge is 0.507 e. The number of benzene rings is 7. The monoisotopic (exact) mass is 749 g/mol. The molecule has 0 heterocycles. The number of phenols is 3. The smallest absolute Gasteiger partial charge is 0.130 e. The predicted molar refractivity (Wildman–Crippen MR) is 240 cm³/mol. The number of rotatable bonds is 6. The van der Waals surface area contributed by atoms with Gasteiger partial charge in [0.2, 0.25) is 0 Å². The molecule has 0 unspecified atom stereocenters. The summed E-state index contributed by atoms with van der Waals surface area (Å²) in [5.41, 5.74) is 16.0. The van der Waals surface area contributed by atoms with Crippen LogP contribution in [-0.2, 0) is 0 Å². The first-order valence-electron chi connectivity index (χ1n) is 19.7.